The van der Waals surface area contributed by atoms with Gasteiger partial charge < -0.3 is 15.3 Å². The Hall–Kier alpha value is -1.86. The lowest BCUT2D eigenvalue weighted by Gasteiger charge is -2.15. The van der Waals surface area contributed by atoms with Crippen LogP contribution in [0.25, 0.3) is 0 Å². The van der Waals surface area contributed by atoms with E-state index in [9.17, 15) is 20.0 Å². The molecule has 0 saturated carbocycles. The average Bonchev–Trinajstić information content (AvgIpc) is 2.82. The molecule has 0 aliphatic carbocycles. The van der Waals surface area contributed by atoms with Crippen molar-refractivity contribution in [1.82, 2.24) is 4.90 Å². The molecule has 21 heavy (non-hydrogen) atoms. The van der Waals surface area contributed by atoms with Gasteiger partial charge in [0.25, 0.3) is 5.69 Å². The third kappa shape index (κ3) is 3.62. The zero-order valence-electron chi connectivity index (χ0n) is 11.5. The van der Waals surface area contributed by atoms with Crippen molar-refractivity contribution in [3.8, 4) is 0 Å². The second kappa shape index (κ2) is 6.28. The normalized spacial score (nSPS) is 18.7. The summed E-state index contributed by atoms with van der Waals surface area (Å²) in [7, 11) is 2.03. The van der Waals surface area contributed by atoms with Gasteiger partial charge >= 0.3 is 5.97 Å². The fourth-order valence-corrected chi connectivity index (χ4v) is 2.77. The van der Waals surface area contributed by atoms with Crippen LogP contribution in [0.3, 0.4) is 0 Å². The Labute approximate surface area is 126 Å². The minimum atomic E-state index is -1.24. The van der Waals surface area contributed by atoms with E-state index >= 15 is 0 Å². The molecule has 0 spiro atoms. The van der Waals surface area contributed by atoms with Crippen molar-refractivity contribution >= 4 is 28.9 Å². The molecule has 2 rings (SSSR count). The van der Waals surface area contributed by atoms with Gasteiger partial charge in [0.2, 0.25) is 0 Å². The lowest BCUT2D eigenvalue weighted by molar-refractivity contribution is -0.384. The Morgan fingerprint density at radius 3 is 2.86 bits per heavy atom. The zero-order chi connectivity index (χ0) is 15.6. The van der Waals surface area contributed by atoms with Crippen molar-refractivity contribution in [2.75, 3.05) is 32.0 Å². The molecule has 1 unspecified atom stereocenters. The first kappa shape index (κ1) is 15.5. The molecule has 0 radical (unpaired) electrons. The number of halogens is 1. The average molecular weight is 314 g/mol. The van der Waals surface area contributed by atoms with Crippen molar-refractivity contribution < 1.29 is 14.8 Å². The van der Waals surface area contributed by atoms with Gasteiger partial charge in [-0.25, -0.2) is 4.79 Å². The maximum atomic E-state index is 11.3. The van der Waals surface area contributed by atoms with Crippen LogP contribution < -0.4 is 5.32 Å². The number of rotatable bonds is 5. The standard InChI is InChI=1S/C13H16ClN3O4/c1-16-3-2-8(7-16)6-15-12-10(13(18)19)4-9(17(20)21)5-11(12)14/h4-5,8,15H,2-3,6-7H2,1H3,(H,18,19). The van der Waals surface area contributed by atoms with E-state index in [0.717, 1.165) is 31.6 Å². The van der Waals surface area contributed by atoms with Crippen LogP contribution in [-0.2, 0) is 0 Å². The molecule has 0 bridgehead atoms. The van der Waals surface area contributed by atoms with Crippen LogP contribution in [0.4, 0.5) is 11.4 Å². The fraction of sp³-hybridized carbons (Fsp3) is 0.462. The van der Waals surface area contributed by atoms with Gasteiger partial charge in [-0.3, -0.25) is 10.1 Å². The summed E-state index contributed by atoms with van der Waals surface area (Å²) in [6, 6.07) is 2.19. The summed E-state index contributed by atoms with van der Waals surface area (Å²) in [5.41, 5.74) is -0.270. The molecule has 1 fully saturated rings. The number of likely N-dealkylation sites (tertiary alicyclic amines) is 1. The number of carbonyl (C=O) groups is 1. The molecule has 1 aliphatic rings. The van der Waals surface area contributed by atoms with E-state index in [1.54, 1.807) is 0 Å². The van der Waals surface area contributed by atoms with Gasteiger partial charge in [-0.05, 0) is 25.9 Å². The van der Waals surface area contributed by atoms with Crippen LogP contribution in [0.2, 0.25) is 5.02 Å². The second-order valence-electron chi connectivity index (χ2n) is 5.21. The van der Waals surface area contributed by atoms with Crippen LogP contribution in [0, 0.1) is 16.0 Å². The lowest BCUT2D eigenvalue weighted by Crippen LogP contribution is -2.20. The zero-order valence-corrected chi connectivity index (χ0v) is 12.3. The van der Waals surface area contributed by atoms with Crippen LogP contribution >= 0.6 is 11.6 Å². The molecule has 1 aromatic rings. The fourth-order valence-electron chi connectivity index (χ4n) is 2.49. The summed E-state index contributed by atoms with van der Waals surface area (Å²) < 4.78 is 0. The van der Waals surface area contributed by atoms with Crippen LogP contribution in [0.15, 0.2) is 12.1 Å². The van der Waals surface area contributed by atoms with Gasteiger partial charge in [-0.15, -0.1) is 0 Å². The maximum absolute atomic E-state index is 11.3. The predicted octanol–water partition coefficient (Wildman–Crippen LogP) is 2.31. The molecule has 1 aromatic carbocycles. The van der Waals surface area contributed by atoms with Gasteiger partial charge in [0.05, 0.1) is 21.2 Å². The maximum Gasteiger partial charge on any atom is 0.338 e. The Balaban J connectivity index is 2.21. The Bertz CT molecular complexity index is 579. The largest absolute Gasteiger partial charge is 0.478 e. The molecule has 0 amide bonds. The Morgan fingerprint density at radius 1 is 1.62 bits per heavy atom. The van der Waals surface area contributed by atoms with Gasteiger partial charge in [-0.1, -0.05) is 11.6 Å². The number of non-ortho nitro benzene ring substituents is 1. The number of hydrogen-bond donors (Lipinski definition) is 2. The molecule has 1 atom stereocenters. The van der Waals surface area contributed by atoms with E-state index in [1.165, 1.54) is 0 Å². The molecular weight excluding hydrogens is 298 g/mol. The number of nitrogens with one attached hydrogen (secondary N) is 1. The number of nitro groups is 1. The van der Waals surface area contributed by atoms with E-state index in [2.05, 4.69) is 10.2 Å². The van der Waals surface area contributed by atoms with E-state index in [4.69, 9.17) is 11.6 Å². The number of carboxylic acid groups (broad SMARTS) is 1. The Kier molecular flexibility index (Phi) is 4.64. The van der Waals surface area contributed by atoms with E-state index in [0.29, 0.717) is 12.5 Å². The molecule has 0 aromatic heterocycles. The lowest BCUT2D eigenvalue weighted by atomic mass is 10.1. The van der Waals surface area contributed by atoms with Crippen molar-refractivity contribution in [2.24, 2.45) is 5.92 Å². The topological polar surface area (TPSA) is 95.7 Å². The minimum absolute atomic E-state index is 0.0490. The van der Waals surface area contributed by atoms with Gasteiger partial charge in [-0.2, -0.15) is 0 Å². The number of hydrogen-bond acceptors (Lipinski definition) is 5. The van der Waals surface area contributed by atoms with Crippen molar-refractivity contribution in [1.29, 1.82) is 0 Å². The molecule has 8 heteroatoms. The highest BCUT2D eigenvalue weighted by Crippen LogP contribution is 2.32. The van der Waals surface area contributed by atoms with Crippen LogP contribution in [0.5, 0.6) is 0 Å². The SMILES string of the molecule is CN1CCC(CNc2c(Cl)cc([N+](=O)[O-])cc2C(=O)O)C1. The monoisotopic (exact) mass is 313 g/mol. The first-order valence-corrected chi connectivity index (χ1v) is 6.90. The summed E-state index contributed by atoms with van der Waals surface area (Å²) in [6.07, 6.45) is 1.02. The van der Waals surface area contributed by atoms with Crippen molar-refractivity contribution in [3.63, 3.8) is 0 Å². The second-order valence-corrected chi connectivity index (χ2v) is 5.62. The third-order valence-corrected chi connectivity index (χ3v) is 3.87. The predicted molar refractivity (Wildman–Crippen MR) is 79.2 cm³/mol. The van der Waals surface area contributed by atoms with Crippen LogP contribution in [-0.4, -0.2) is 47.6 Å². The smallest absolute Gasteiger partial charge is 0.338 e. The van der Waals surface area contributed by atoms with E-state index < -0.39 is 10.9 Å². The van der Waals surface area contributed by atoms with E-state index in [-0.39, 0.29) is 22.0 Å². The van der Waals surface area contributed by atoms with Gasteiger partial charge in [0.1, 0.15) is 0 Å². The summed E-state index contributed by atoms with van der Waals surface area (Å²) >= 11 is 6.00. The quantitative estimate of drug-likeness (QED) is 0.639. The van der Waals surface area contributed by atoms with Gasteiger partial charge in [0, 0.05) is 25.2 Å². The van der Waals surface area contributed by atoms with Crippen molar-refractivity contribution in [3.05, 3.63) is 32.8 Å². The first-order valence-electron chi connectivity index (χ1n) is 6.52. The number of benzene rings is 1. The van der Waals surface area contributed by atoms with E-state index in [1.807, 2.05) is 7.05 Å². The highest BCUT2D eigenvalue weighted by molar-refractivity contribution is 6.34. The number of aromatic carboxylic acids is 1. The molecule has 114 valence electrons. The Morgan fingerprint density at radius 2 is 2.33 bits per heavy atom. The summed E-state index contributed by atoms with van der Waals surface area (Å²) in [5, 5.41) is 23.0. The first-order chi connectivity index (χ1) is 9.88. The summed E-state index contributed by atoms with van der Waals surface area (Å²) in [6.45, 7) is 2.52. The summed E-state index contributed by atoms with van der Waals surface area (Å²) in [4.78, 5) is 23.6. The molecule has 1 heterocycles. The number of nitrogens with zero attached hydrogens (tertiary/aromatic N) is 2. The minimum Gasteiger partial charge on any atom is -0.478 e. The van der Waals surface area contributed by atoms with Gasteiger partial charge in [0.15, 0.2) is 0 Å². The highest BCUT2D eigenvalue weighted by Gasteiger charge is 2.23. The number of anilines is 1. The molecule has 2 N–H and O–H groups in total. The summed E-state index contributed by atoms with van der Waals surface area (Å²) in [5.74, 6) is -0.838. The number of nitro benzene ring substituents is 1. The van der Waals surface area contributed by atoms with Crippen molar-refractivity contribution in [2.45, 2.75) is 6.42 Å². The molecule has 1 saturated heterocycles. The number of carboxylic acids is 1. The molecular formula is C13H16ClN3O4. The molecule has 1 aliphatic heterocycles. The molecule has 7 nitrogen and oxygen atoms in total. The third-order valence-electron chi connectivity index (χ3n) is 3.57. The van der Waals surface area contributed by atoms with Crippen LogP contribution in [0.1, 0.15) is 16.8 Å². The highest BCUT2D eigenvalue weighted by atomic mass is 35.5.